The first-order chi connectivity index (χ1) is 28.0. The van der Waals surface area contributed by atoms with Crippen molar-refractivity contribution in [1.29, 1.82) is 0 Å². The highest BCUT2D eigenvalue weighted by Gasteiger charge is 2.27. The number of hydrogen-bond acceptors (Lipinski definition) is 3. The predicted octanol–water partition coefficient (Wildman–Crippen LogP) is 14.7. The molecule has 0 saturated carbocycles. The standard InChI is InChI=1S/C55H55N3O/c1-35-22-24-36(25-23-35)38-28-29-56-47(33-38)40-30-39(31-42(32-40)54(5,6)7)43-18-15-21-49-50(43)57-52(44-19-14-20-46(51(44)59)55(8,9)10)58(49)48-27-26-41(53(2,3)4)34-45(48)37-16-12-11-13-17-37/h11-34,59H,1-10H3. The molecule has 0 bridgehead atoms. The first-order valence-corrected chi connectivity index (χ1v) is 20.7. The molecule has 8 aromatic rings. The number of imidazole rings is 1. The van der Waals surface area contributed by atoms with Crippen LogP contribution in [0.3, 0.4) is 0 Å². The van der Waals surface area contributed by atoms with Crippen LogP contribution in [0.4, 0.5) is 0 Å². The molecular formula is C55H55N3O. The number of aromatic nitrogens is 3. The van der Waals surface area contributed by atoms with Gasteiger partial charge in [0.25, 0.3) is 0 Å². The van der Waals surface area contributed by atoms with Crippen molar-refractivity contribution in [3.63, 3.8) is 0 Å². The first-order valence-electron chi connectivity index (χ1n) is 20.7. The van der Waals surface area contributed by atoms with Gasteiger partial charge < -0.3 is 5.11 Å². The van der Waals surface area contributed by atoms with E-state index in [0.717, 1.165) is 61.4 Å². The van der Waals surface area contributed by atoms with E-state index in [1.807, 2.05) is 24.4 Å². The van der Waals surface area contributed by atoms with Crippen LogP contribution in [-0.2, 0) is 16.2 Å². The van der Waals surface area contributed by atoms with Gasteiger partial charge in [-0.2, -0.15) is 0 Å². The Morgan fingerprint density at radius 3 is 1.86 bits per heavy atom. The van der Waals surface area contributed by atoms with E-state index in [-0.39, 0.29) is 22.0 Å². The van der Waals surface area contributed by atoms with Gasteiger partial charge in [-0.25, -0.2) is 4.98 Å². The quantitative estimate of drug-likeness (QED) is 0.183. The molecule has 0 saturated heterocycles. The fourth-order valence-electron chi connectivity index (χ4n) is 8.01. The average Bonchev–Trinajstić information content (AvgIpc) is 3.59. The Hall–Kier alpha value is -6.26. The number of aryl methyl sites for hydroxylation is 1. The summed E-state index contributed by atoms with van der Waals surface area (Å²) in [7, 11) is 0. The van der Waals surface area contributed by atoms with E-state index in [2.05, 4.69) is 195 Å². The zero-order valence-corrected chi connectivity index (χ0v) is 36.1. The highest BCUT2D eigenvalue weighted by Crippen LogP contribution is 2.44. The minimum atomic E-state index is -0.278. The molecule has 0 radical (unpaired) electrons. The number of para-hydroxylation sites is 2. The Morgan fingerprint density at radius 1 is 0.492 bits per heavy atom. The summed E-state index contributed by atoms with van der Waals surface area (Å²) < 4.78 is 2.26. The molecular weight excluding hydrogens is 719 g/mol. The van der Waals surface area contributed by atoms with Crippen LogP contribution in [0, 0.1) is 6.92 Å². The van der Waals surface area contributed by atoms with Crippen LogP contribution in [0.1, 0.15) is 84.6 Å². The lowest BCUT2D eigenvalue weighted by atomic mass is 9.83. The molecule has 0 aliphatic heterocycles. The van der Waals surface area contributed by atoms with Crippen LogP contribution in [0.15, 0.2) is 146 Å². The summed E-state index contributed by atoms with van der Waals surface area (Å²) in [6, 6.07) is 49.7. The van der Waals surface area contributed by atoms with E-state index < -0.39 is 0 Å². The van der Waals surface area contributed by atoms with E-state index in [1.165, 1.54) is 22.3 Å². The van der Waals surface area contributed by atoms with Crippen molar-refractivity contribution in [3.8, 4) is 67.5 Å². The minimum absolute atomic E-state index is 0.0569. The van der Waals surface area contributed by atoms with Crippen LogP contribution in [-0.4, -0.2) is 19.6 Å². The third kappa shape index (κ3) is 7.72. The molecule has 4 heteroatoms. The second-order valence-corrected chi connectivity index (χ2v) is 19.1. The lowest BCUT2D eigenvalue weighted by molar-refractivity contribution is 0.448. The van der Waals surface area contributed by atoms with Gasteiger partial charge in [0, 0.05) is 22.9 Å². The second kappa shape index (κ2) is 14.8. The van der Waals surface area contributed by atoms with Crippen molar-refractivity contribution in [2.45, 2.75) is 85.5 Å². The molecule has 296 valence electrons. The van der Waals surface area contributed by atoms with E-state index >= 15 is 0 Å². The maximum absolute atomic E-state index is 12.1. The third-order valence-electron chi connectivity index (χ3n) is 11.5. The molecule has 0 amide bonds. The Bertz CT molecular complexity index is 2820. The number of rotatable bonds is 6. The zero-order valence-electron chi connectivity index (χ0n) is 36.1. The van der Waals surface area contributed by atoms with E-state index in [0.29, 0.717) is 11.4 Å². The average molecular weight is 774 g/mol. The normalized spacial score (nSPS) is 12.3. The fourth-order valence-corrected chi connectivity index (χ4v) is 8.01. The SMILES string of the molecule is Cc1ccc(-c2ccnc(-c3cc(-c4cccc5c4nc(-c4cccc(C(C)(C)C)c4O)n5-c4ccc(C(C)(C)C)cc4-c4ccccc4)cc(C(C)(C)C)c3)c2)cc1. The highest BCUT2D eigenvalue weighted by atomic mass is 16.3. The summed E-state index contributed by atoms with van der Waals surface area (Å²) in [5.74, 6) is 0.943. The molecule has 2 heterocycles. The minimum Gasteiger partial charge on any atom is -0.507 e. The van der Waals surface area contributed by atoms with Crippen LogP contribution in [0.5, 0.6) is 5.75 Å². The summed E-state index contributed by atoms with van der Waals surface area (Å²) >= 11 is 0. The van der Waals surface area contributed by atoms with E-state index in [1.54, 1.807) is 0 Å². The number of nitrogens with zero attached hydrogens (tertiary/aromatic N) is 3. The highest BCUT2D eigenvalue weighted by molar-refractivity contribution is 5.98. The van der Waals surface area contributed by atoms with E-state index in [9.17, 15) is 5.11 Å². The lowest BCUT2D eigenvalue weighted by Crippen LogP contribution is -2.12. The van der Waals surface area contributed by atoms with Crippen molar-refractivity contribution in [1.82, 2.24) is 14.5 Å². The van der Waals surface area contributed by atoms with Crippen molar-refractivity contribution >= 4 is 11.0 Å². The fraction of sp³-hybridized carbons (Fsp3) is 0.236. The monoisotopic (exact) mass is 773 g/mol. The molecule has 0 atom stereocenters. The summed E-state index contributed by atoms with van der Waals surface area (Å²) in [5.41, 5.74) is 16.2. The van der Waals surface area contributed by atoms with E-state index in [4.69, 9.17) is 9.97 Å². The van der Waals surface area contributed by atoms with Crippen molar-refractivity contribution in [2.24, 2.45) is 0 Å². The Morgan fingerprint density at radius 2 is 1.17 bits per heavy atom. The topological polar surface area (TPSA) is 50.9 Å². The predicted molar refractivity (Wildman–Crippen MR) is 249 cm³/mol. The number of pyridine rings is 1. The molecule has 6 aromatic carbocycles. The van der Waals surface area contributed by atoms with Gasteiger partial charge in [-0.1, -0.05) is 159 Å². The van der Waals surface area contributed by atoms with Gasteiger partial charge in [-0.3, -0.25) is 9.55 Å². The van der Waals surface area contributed by atoms with Gasteiger partial charge in [0.15, 0.2) is 0 Å². The molecule has 8 rings (SSSR count). The van der Waals surface area contributed by atoms with Crippen LogP contribution < -0.4 is 0 Å². The zero-order chi connectivity index (χ0) is 41.9. The van der Waals surface area contributed by atoms with Crippen molar-refractivity contribution in [3.05, 3.63) is 168 Å². The molecule has 59 heavy (non-hydrogen) atoms. The molecule has 0 fully saturated rings. The number of hydrogen-bond donors (Lipinski definition) is 1. The van der Waals surface area contributed by atoms with Crippen LogP contribution >= 0.6 is 0 Å². The molecule has 2 aromatic heterocycles. The molecule has 0 spiro atoms. The largest absolute Gasteiger partial charge is 0.507 e. The number of aromatic hydroxyl groups is 1. The Kier molecular flexibility index (Phi) is 9.95. The number of fused-ring (bicyclic) bond motifs is 1. The summed E-state index contributed by atoms with van der Waals surface area (Å²) in [6.45, 7) is 22.1. The Labute approximate surface area is 350 Å². The van der Waals surface area contributed by atoms with Crippen LogP contribution in [0.25, 0.3) is 72.7 Å². The van der Waals surface area contributed by atoms with Gasteiger partial charge >= 0.3 is 0 Å². The lowest BCUT2D eigenvalue weighted by Gasteiger charge is -2.24. The molecule has 4 nitrogen and oxygen atoms in total. The number of phenolic OH excluding ortho intramolecular Hbond substituents is 1. The second-order valence-electron chi connectivity index (χ2n) is 19.1. The summed E-state index contributed by atoms with van der Waals surface area (Å²) in [4.78, 5) is 10.5. The van der Waals surface area contributed by atoms with Crippen molar-refractivity contribution in [2.75, 3.05) is 0 Å². The number of benzene rings is 6. The van der Waals surface area contributed by atoms with Crippen molar-refractivity contribution < 1.29 is 5.11 Å². The summed E-state index contributed by atoms with van der Waals surface area (Å²) in [6.07, 6.45) is 1.91. The van der Waals surface area contributed by atoms with Gasteiger partial charge in [-0.05, 0) is 111 Å². The maximum atomic E-state index is 12.1. The maximum Gasteiger partial charge on any atom is 0.149 e. The van der Waals surface area contributed by atoms with Gasteiger partial charge in [0.05, 0.1) is 28.0 Å². The van der Waals surface area contributed by atoms with Crippen LogP contribution in [0.2, 0.25) is 0 Å². The third-order valence-corrected chi connectivity index (χ3v) is 11.5. The summed E-state index contributed by atoms with van der Waals surface area (Å²) in [5, 5.41) is 12.1. The van der Waals surface area contributed by atoms with Gasteiger partial charge in [-0.15, -0.1) is 0 Å². The molecule has 0 unspecified atom stereocenters. The molecule has 0 aliphatic carbocycles. The van der Waals surface area contributed by atoms with Gasteiger partial charge in [0.2, 0.25) is 0 Å². The number of phenols is 1. The van der Waals surface area contributed by atoms with Gasteiger partial charge in [0.1, 0.15) is 11.6 Å². The molecule has 0 aliphatic rings. The smallest absolute Gasteiger partial charge is 0.149 e. The molecule has 1 N–H and O–H groups in total. The Balaban J connectivity index is 1.42. The first kappa shape index (κ1) is 39.6.